The van der Waals surface area contributed by atoms with E-state index in [1.165, 1.54) is 0 Å². The van der Waals surface area contributed by atoms with Crippen LogP contribution in [0.3, 0.4) is 0 Å². The summed E-state index contributed by atoms with van der Waals surface area (Å²) in [5.74, 6) is 0. The van der Waals surface area contributed by atoms with E-state index in [9.17, 15) is 0 Å². The van der Waals surface area contributed by atoms with Crippen LogP contribution in [0, 0.1) is 0 Å². The van der Waals surface area contributed by atoms with Gasteiger partial charge in [-0.1, -0.05) is 0 Å². The maximum Gasteiger partial charge on any atom is 4.00 e. The van der Waals surface area contributed by atoms with Gasteiger partial charge in [0.25, 0.3) is 0 Å². The van der Waals surface area contributed by atoms with E-state index >= 15 is 0 Å². The molecule has 9 nitrogen and oxygen atoms in total. The average molecular weight is 290 g/mol. The molecule has 0 atom stereocenters. The number of hydrogen-bond donors (Lipinski definition) is 0. The molecular formula is Li2O9Si3Ti. The van der Waals surface area contributed by atoms with E-state index < -0.39 is 27.5 Å². The van der Waals surface area contributed by atoms with E-state index in [4.69, 9.17) is 42.2 Å². The maximum atomic E-state index is 8.52. The first-order chi connectivity index (χ1) is 5.20. The van der Waals surface area contributed by atoms with Crippen LogP contribution in [0.4, 0.5) is 0 Å². The Labute approximate surface area is 128 Å². The van der Waals surface area contributed by atoms with Crippen molar-refractivity contribution in [1.29, 1.82) is 0 Å². The summed E-state index contributed by atoms with van der Waals surface area (Å²) < 4.78 is 25.6. The predicted octanol–water partition coefficient (Wildman–Crippen LogP) is -14.6. The summed E-state index contributed by atoms with van der Waals surface area (Å²) in [5, 5.41) is 0. The van der Waals surface area contributed by atoms with Gasteiger partial charge in [0.1, 0.15) is 0 Å². The second-order valence-electron chi connectivity index (χ2n) is 0.750. The Morgan fingerprint density at radius 3 is 0.533 bits per heavy atom. The molecule has 0 aliphatic heterocycles. The number of rotatable bonds is 0. The molecule has 0 aliphatic carbocycles. The molecule has 0 bridgehead atoms. The topological polar surface area (TPSA) is 190 Å². The molecule has 72 valence electrons. The molecule has 0 aromatic heterocycles. The Morgan fingerprint density at radius 1 is 0.533 bits per heavy atom. The molecule has 15 heavy (non-hydrogen) atoms. The molecule has 15 heteroatoms. The van der Waals surface area contributed by atoms with Gasteiger partial charge in [-0.25, -0.2) is 0 Å². The molecule has 0 aliphatic rings. The van der Waals surface area contributed by atoms with Gasteiger partial charge in [0.2, 0.25) is 0 Å². The molecule has 0 saturated heterocycles. The first kappa shape index (κ1) is 36.0. The molecule has 0 fully saturated rings. The van der Waals surface area contributed by atoms with Crippen molar-refractivity contribution in [2.75, 3.05) is 0 Å². The van der Waals surface area contributed by atoms with Crippen LogP contribution in [0.5, 0.6) is 0 Å². The van der Waals surface area contributed by atoms with Crippen LogP contribution in [0.2, 0.25) is 0 Å². The van der Waals surface area contributed by atoms with Gasteiger partial charge < -0.3 is 42.2 Å². The molecule has 0 N–H and O–H groups in total. The molecule has 0 heterocycles. The van der Waals surface area contributed by atoms with E-state index in [0.717, 1.165) is 0 Å². The second kappa shape index (κ2) is 29.3. The molecular weight excluding hydrogens is 290 g/mol. The third kappa shape index (κ3) is 4160. The van der Waals surface area contributed by atoms with Gasteiger partial charge in [-0.2, -0.15) is 0 Å². The van der Waals surface area contributed by atoms with Gasteiger partial charge in [0, 0.05) is 27.5 Å². The van der Waals surface area contributed by atoms with Gasteiger partial charge in [0.05, 0.1) is 0 Å². The van der Waals surface area contributed by atoms with Gasteiger partial charge in [-0.3, -0.25) is 0 Å². The van der Waals surface area contributed by atoms with Crippen molar-refractivity contribution in [3.05, 3.63) is 0 Å². The number of hydrogen-bond acceptors (Lipinski definition) is 9. The van der Waals surface area contributed by atoms with Crippen molar-refractivity contribution in [2.45, 2.75) is 0 Å². The van der Waals surface area contributed by atoms with Crippen LogP contribution in [-0.2, 0) is 35.1 Å². The minimum absolute atomic E-state index is 0. The Kier molecular flexibility index (Phi) is 70.5. The summed E-state index contributed by atoms with van der Waals surface area (Å²) in [6.45, 7) is 0. The molecule has 0 rings (SSSR count). The van der Waals surface area contributed by atoms with E-state index in [1.54, 1.807) is 0 Å². The van der Waals surface area contributed by atoms with Crippen LogP contribution in [0.1, 0.15) is 0 Å². The zero-order chi connectivity index (χ0) is 10.7. The van der Waals surface area contributed by atoms with Gasteiger partial charge in [-0.05, 0) is 0 Å². The van der Waals surface area contributed by atoms with Crippen molar-refractivity contribution in [2.24, 2.45) is 0 Å². The predicted molar refractivity (Wildman–Crippen MR) is 19.3 cm³/mol. The zero-order valence-electron chi connectivity index (χ0n) is 7.67. The molecule has 0 aromatic carbocycles. The summed E-state index contributed by atoms with van der Waals surface area (Å²) in [5.41, 5.74) is 0. The van der Waals surface area contributed by atoms with Gasteiger partial charge in [0.15, 0.2) is 0 Å². The van der Waals surface area contributed by atoms with Crippen molar-refractivity contribution < 1.29 is 102 Å². The fourth-order valence-corrected chi connectivity index (χ4v) is 0. The zero-order valence-corrected chi connectivity index (χ0v) is 12.2. The second-order valence-corrected chi connectivity index (χ2v) is 2.25. The van der Waals surface area contributed by atoms with Crippen LogP contribution in [0.15, 0.2) is 0 Å². The summed E-state index contributed by atoms with van der Waals surface area (Å²) in [4.78, 5) is 51.1. The van der Waals surface area contributed by atoms with Crippen molar-refractivity contribution >= 4 is 27.5 Å². The fourth-order valence-electron chi connectivity index (χ4n) is 0. The van der Waals surface area contributed by atoms with Crippen LogP contribution in [0.25, 0.3) is 0 Å². The van der Waals surface area contributed by atoms with Crippen molar-refractivity contribution in [3.63, 3.8) is 0 Å². The molecule has 0 radical (unpaired) electrons. The molecule has 0 unspecified atom stereocenters. The third-order valence-electron chi connectivity index (χ3n) is 0. The summed E-state index contributed by atoms with van der Waals surface area (Å²) in [7, 11) is -10.9. The smallest absolute Gasteiger partial charge is 0.672 e. The summed E-state index contributed by atoms with van der Waals surface area (Å²) in [6, 6.07) is 0. The molecule has 0 aromatic rings. The van der Waals surface area contributed by atoms with Crippen molar-refractivity contribution in [3.8, 4) is 0 Å². The quantitative estimate of drug-likeness (QED) is 0.389. The van der Waals surface area contributed by atoms with Gasteiger partial charge in [-0.15, -0.1) is 0 Å². The molecule has 0 saturated carbocycles. The van der Waals surface area contributed by atoms with E-state index in [0.29, 0.717) is 0 Å². The standard InChI is InChI=1S/2Li.3O3Si.Ti/c;;3*1-4(2)3;/q2*+1;3*-2;+4. The average Bonchev–Trinajstić information content (AvgIpc) is 1.54. The summed E-state index contributed by atoms with van der Waals surface area (Å²) >= 11 is 0. The largest absolute Gasteiger partial charge is 4.00 e. The Balaban J connectivity index is -0.0000000184. The van der Waals surface area contributed by atoms with Crippen LogP contribution < -0.4 is 66.5 Å². The molecule has 0 amide bonds. The summed E-state index contributed by atoms with van der Waals surface area (Å²) in [6.07, 6.45) is 0. The minimum Gasteiger partial charge on any atom is -0.672 e. The fraction of sp³-hybridized carbons (Fsp3) is 0. The molecule has 0 spiro atoms. The SMILES string of the molecule is O=[Si]([O-])[O-].O=[Si]([O-])[O-].O=[Si]([O-])[O-].[Li+].[Li+].[Ti+4]. The van der Waals surface area contributed by atoms with E-state index in [-0.39, 0.29) is 59.4 Å². The van der Waals surface area contributed by atoms with Crippen molar-refractivity contribution in [1.82, 2.24) is 0 Å². The Hall–Kier alpha value is 0.760. The first-order valence-corrected chi connectivity index (χ1v) is 5.51. The minimum atomic E-state index is -3.63. The Morgan fingerprint density at radius 2 is 0.533 bits per heavy atom. The Bertz CT molecular complexity index is 121. The van der Waals surface area contributed by atoms with Crippen LogP contribution >= 0.6 is 0 Å². The van der Waals surface area contributed by atoms with E-state index in [1.807, 2.05) is 0 Å². The van der Waals surface area contributed by atoms with Gasteiger partial charge >= 0.3 is 59.4 Å². The first-order valence-electron chi connectivity index (χ1n) is 1.84. The monoisotopic (exact) mass is 290 g/mol. The maximum absolute atomic E-state index is 8.52. The normalized spacial score (nSPS) is 4.80. The van der Waals surface area contributed by atoms with Crippen LogP contribution in [-0.4, -0.2) is 27.5 Å². The van der Waals surface area contributed by atoms with E-state index in [2.05, 4.69) is 0 Å². The third-order valence-corrected chi connectivity index (χ3v) is 0.